The first-order valence-corrected chi connectivity index (χ1v) is 11.8. The highest BCUT2D eigenvalue weighted by atomic mass is 19.1. The van der Waals surface area contributed by atoms with E-state index in [1.165, 1.54) is 12.1 Å². The van der Waals surface area contributed by atoms with Gasteiger partial charge in [0.25, 0.3) is 0 Å². The molecule has 6 heteroatoms. The molecule has 1 fully saturated rings. The zero-order valence-electron chi connectivity index (χ0n) is 19.0. The van der Waals surface area contributed by atoms with E-state index in [0.29, 0.717) is 30.9 Å². The summed E-state index contributed by atoms with van der Waals surface area (Å²) in [6.07, 6.45) is 2.23. The van der Waals surface area contributed by atoms with Crippen molar-refractivity contribution in [3.8, 4) is 5.75 Å². The lowest BCUT2D eigenvalue weighted by Crippen LogP contribution is -2.49. The summed E-state index contributed by atoms with van der Waals surface area (Å²) in [5, 5.41) is 0. The number of hydrogen-bond donors (Lipinski definition) is 1. The number of benzene rings is 3. The molecule has 0 aromatic heterocycles. The molecule has 4 nitrogen and oxygen atoms in total. The lowest BCUT2D eigenvalue weighted by molar-refractivity contribution is -0.123. The molecule has 0 spiro atoms. The molecule has 2 N–H and O–H groups in total. The van der Waals surface area contributed by atoms with Gasteiger partial charge < -0.3 is 15.4 Å². The van der Waals surface area contributed by atoms with Gasteiger partial charge in [-0.05, 0) is 60.2 Å². The van der Waals surface area contributed by atoms with Gasteiger partial charge in [-0.15, -0.1) is 0 Å². The Morgan fingerprint density at radius 2 is 1.79 bits per heavy atom. The van der Waals surface area contributed by atoms with Gasteiger partial charge in [0, 0.05) is 25.1 Å². The molecule has 2 aliphatic rings. The van der Waals surface area contributed by atoms with E-state index in [0.717, 1.165) is 42.6 Å². The molecular weight excluding hydrogens is 434 g/mol. The molecule has 0 aliphatic carbocycles. The summed E-state index contributed by atoms with van der Waals surface area (Å²) in [5.41, 5.74) is 8.49. The number of rotatable bonds is 7. The fourth-order valence-corrected chi connectivity index (χ4v) is 5.68. The number of nitrogens with two attached hydrogens (primary N) is 1. The molecule has 0 radical (unpaired) electrons. The van der Waals surface area contributed by atoms with Crippen molar-refractivity contribution in [2.45, 2.75) is 24.7 Å². The number of amides is 1. The molecule has 5 rings (SSSR count). The molecule has 1 amide bonds. The predicted molar refractivity (Wildman–Crippen MR) is 127 cm³/mol. The highest BCUT2D eigenvalue weighted by molar-refractivity contribution is 5.91. The zero-order chi connectivity index (χ0) is 23.7. The molecule has 34 heavy (non-hydrogen) atoms. The summed E-state index contributed by atoms with van der Waals surface area (Å²) in [4.78, 5) is 15.5. The van der Waals surface area contributed by atoms with Crippen molar-refractivity contribution in [1.82, 2.24) is 4.90 Å². The van der Waals surface area contributed by atoms with E-state index in [4.69, 9.17) is 10.5 Å². The second-order valence-corrected chi connectivity index (χ2v) is 9.25. The van der Waals surface area contributed by atoms with Gasteiger partial charge in [0.2, 0.25) is 5.91 Å². The third kappa shape index (κ3) is 3.96. The third-order valence-electron chi connectivity index (χ3n) is 7.32. The van der Waals surface area contributed by atoms with Gasteiger partial charge in [0.15, 0.2) is 11.6 Å². The molecule has 1 saturated heterocycles. The summed E-state index contributed by atoms with van der Waals surface area (Å²) in [7, 11) is 0. The smallest absolute Gasteiger partial charge is 0.232 e. The first kappa shape index (κ1) is 22.5. The van der Waals surface area contributed by atoms with Crippen molar-refractivity contribution in [1.29, 1.82) is 0 Å². The average molecular weight is 463 g/mol. The van der Waals surface area contributed by atoms with Crippen LogP contribution in [0.1, 0.15) is 28.7 Å². The Morgan fingerprint density at radius 1 is 1.06 bits per heavy atom. The standard InChI is InChI=1S/C28H28F2N2O2/c29-24-8-6-22(7-9-24)28(27(31)33,21-4-2-1-3-5-21)23-11-14-32(18-23)13-10-19-16-20-12-15-34-26(20)25(30)17-19/h1-9,16-17,23H,10-15,18H2,(H2,31,33)/t23-,28?/m1/s1. The fourth-order valence-electron chi connectivity index (χ4n) is 5.68. The maximum absolute atomic E-state index is 14.3. The van der Waals surface area contributed by atoms with Crippen molar-refractivity contribution in [2.24, 2.45) is 11.7 Å². The molecule has 0 saturated carbocycles. The maximum atomic E-state index is 14.3. The molecule has 2 aliphatic heterocycles. The van der Waals surface area contributed by atoms with Gasteiger partial charge in [-0.25, -0.2) is 8.78 Å². The average Bonchev–Trinajstić information content (AvgIpc) is 3.50. The van der Waals surface area contributed by atoms with Crippen molar-refractivity contribution >= 4 is 5.91 Å². The van der Waals surface area contributed by atoms with Crippen LogP contribution < -0.4 is 10.5 Å². The van der Waals surface area contributed by atoms with Crippen LogP contribution in [0.3, 0.4) is 0 Å². The minimum Gasteiger partial charge on any atom is -0.490 e. The van der Waals surface area contributed by atoms with Crippen LogP contribution in [0.2, 0.25) is 0 Å². The number of halogens is 2. The summed E-state index contributed by atoms with van der Waals surface area (Å²) in [6, 6.07) is 19.3. The predicted octanol–water partition coefficient (Wildman–Crippen LogP) is 4.24. The van der Waals surface area contributed by atoms with E-state index in [2.05, 4.69) is 4.90 Å². The van der Waals surface area contributed by atoms with Gasteiger partial charge in [0.05, 0.1) is 6.61 Å². The number of carbonyl (C=O) groups is 1. The maximum Gasteiger partial charge on any atom is 0.232 e. The number of fused-ring (bicyclic) bond motifs is 1. The van der Waals surface area contributed by atoms with E-state index in [1.807, 2.05) is 36.4 Å². The fraction of sp³-hybridized carbons (Fsp3) is 0.321. The molecule has 176 valence electrons. The molecule has 2 atom stereocenters. The summed E-state index contributed by atoms with van der Waals surface area (Å²) in [6.45, 7) is 2.76. The van der Waals surface area contributed by atoms with E-state index >= 15 is 0 Å². The van der Waals surface area contributed by atoms with Gasteiger partial charge >= 0.3 is 0 Å². The number of nitrogens with zero attached hydrogens (tertiary/aromatic N) is 1. The van der Waals surface area contributed by atoms with Crippen LogP contribution in [0.25, 0.3) is 0 Å². The van der Waals surface area contributed by atoms with Gasteiger partial charge in [-0.2, -0.15) is 0 Å². The number of carbonyl (C=O) groups excluding carboxylic acids is 1. The van der Waals surface area contributed by atoms with Crippen LogP contribution in [-0.4, -0.2) is 37.0 Å². The van der Waals surface area contributed by atoms with Crippen molar-refractivity contribution in [2.75, 3.05) is 26.2 Å². The third-order valence-corrected chi connectivity index (χ3v) is 7.32. The van der Waals surface area contributed by atoms with Crippen LogP contribution in [-0.2, 0) is 23.1 Å². The van der Waals surface area contributed by atoms with Crippen molar-refractivity contribution in [3.63, 3.8) is 0 Å². The Morgan fingerprint density at radius 3 is 2.53 bits per heavy atom. The Labute approximate surface area is 198 Å². The lowest BCUT2D eigenvalue weighted by atomic mass is 9.64. The SMILES string of the molecule is NC(=O)C(c1ccccc1)(c1ccc(F)cc1)[C@@H]1CCN(CCc2cc(F)c3c(c2)CCO3)C1. The number of hydrogen-bond acceptors (Lipinski definition) is 3. The molecule has 1 unspecified atom stereocenters. The summed E-state index contributed by atoms with van der Waals surface area (Å²) >= 11 is 0. The Bertz CT molecular complexity index is 1180. The number of likely N-dealkylation sites (tertiary alicyclic amines) is 1. The second kappa shape index (κ2) is 9.18. The van der Waals surface area contributed by atoms with E-state index in [1.54, 1.807) is 18.2 Å². The molecule has 3 aromatic carbocycles. The van der Waals surface area contributed by atoms with Crippen molar-refractivity contribution in [3.05, 3.63) is 101 Å². The Balaban J connectivity index is 1.40. The normalized spacial score (nSPS) is 19.4. The van der Waals surface area contributed by atoms with E-state index in [-0.39, 0.29) is 17.6 Å². The van der Waals surface area contributed by atoms with E-state index < -0.39 is 11.3 Å². The van der Waals surface area contributed by atoms with Crippen LogP contribution in [0, 0.1) is 17.6 Å². The van der Waals surface area contributed by atoms with Crippen molar-refractivity contribution < 1.29 is 18.3 Å². The Kier molecular flexibility index (Phi) is 6.09. The monoisotopic (exact) mass is 462 g/mol. The van der Waals surface area contributed by atoms with Crippen LogP contribution >= 0.6 is 0 Å². The highest BCUT2D eigenvalue weighted by Crippen LogP contribution is 2.43. The highest BCUT2D eigenvalue weighted by Gasteiger charge is 2.49. The summed E-state index contributed by atoms with van der Waals surface area (Å²) < 4.78 is 33.5. The topological polar surface area (TPSA) is 55.6 Å². The van der Waals surface area contributed by atoms with Gasteiger partial charge in [0.1, 0.15) is 11.2 Å². The molecule has 0 bridgehead atoms. The van der Waals surface area contributed by atoms with Crippen LogP contribution in [0.5, 0.6) is 5.75 Å². The minimum atomic E-state index is -1.05. The summed E-state index contributed by atoms with van der Waals surface area (Å²) in [5.74, 6) is -0.758. The number of ether oxygens (including phenoxy) is 1. The quantitative estimate of drug-likeness (QED) is 0.572. The van der Waals surface area contributed by atoms with Gasteiger partial charge in [-0.3, -0.25) is 4.79 Å². The molecule has 2 heterocycles. The zero-order valence-corrected chi connectivity index (χ0v) is 19.0. The minimum absolute atomic E-state index is 0.0667. The Hall–Kier alpha value is -3.25. The first-order valence-electron chi connectivity index (χ1n) is 11.8. The number of primary amides is 1. The lowest BCUT2D eigenvalue weighted by Gasteiger charge is -2.37. The molecule has 3 aromatic rings. The first-order chi connectivity index (χ1) is 16.5. The largest absolute Gasteiger partial charge is 0.490 e. The van der Waals surface area contributed by atoms with Crippen LogP contribution in [0.4, 0.5) is 8.78 Å². The van der Waals surface area contributed by atoms with E-state index in [9.17, 15) is 13.6 Å². The van der Waals surface area contributed by atoms with Gasteiger partial charge in [-0.1, -0.05) is 48.5 Å². The van der Waals surface area contributed by atoms with Crippen LogP contribution in [0.15, 0.2) is 66.7 Å². The molecular formula is C28H28F2N2O2. The second-order valence-electron chi connectivity index (χ2n) is 9.25.